The van der Waals surface area contributed by atoms with Gasteiger partial charge in [-0.05, 0) is 6.07 Å². The summed E-state index contributed by atoms with van der Waals surface area (Å²) in [5.74, 6) is 0.586. The van der Waals surface area contributed by atoms with Crippen LogP contribution in [-0.4, -0.2) is 40.4 Å². The van der Waals surface area contributed by atoms with Crippen molar-refractivity contribution < 1.29 is 9.50 Å². The van der Waals surface area contributed by atoms with Crippen molar-refractivity contribution in [2.45, 2.75) is 5.67 Å². The van der Waals surface area contributed by atoms with Crippen molar-refractivity contribution in [1.82, 2.24) is 9.97 Å². The summed E-state index contributed by atoms with van der Waals surface area (Å²) in [4.78, 5) is 10.2. The molecule has 1 aromatic rings. The molecule has 2 aliphatic rings. The van der Waals surface area contributed by atoms with Gasteiger partial charge < -0.3 is 10.0 Å². The molecule has 1 aliphatic carbocycles. The molecule has 3 rings (SSSR count). The first-order valence-electron chi connectivity index (χ1n) is 5.07. The van der Waals surface area contributed by atoms with Crippen LogP contribution in [0.1, 0.15) is 0 Å². The van der Waals surface area contributed by atoms with E-state index in [4.69, 9.17) is 5.11 Å². The van der Waals surface area contributed by atoms with Gasteiger partial charge in [-0.2, -0.15) is 0 Å². The average Bonchev–Trinajstić information content (AvgIpc) is 2.70. The first-order chi connectivity index (χ1) is 7.25. The summed E-state index contributed by atoms with van der Waals surface area (Å²) in [5.41, 5.74) is -1.33. The van der Waals surface area contributed by atoms with Crippen LogP contribution in [0.5, 0.6) is 0 Å². The molecule has 1 saturated heterocycles. The van der Waals surface area contributed by atoms with Crippen molar-refractivity contribution >= 4 is 5.95 Å². The Morgan fingerprint density at radius 3 is 2.53 bits per heavy atom. The van der Waals surface area contributed by atoms with E-state index < -0.39 is 5.67 Å². The van der Waals surface area contributed by atoms with Crippen LogP contribution in [0.25, 0.3) is 0 Å². The molecule has 5 heteroatoms. The number of alkyl halides is 1. The van der Waals surface area contributed by atoms with Gasteiger partial charge >= 0.3 is 0 Å². The molecule has 2 atom stereocenters. The minimum atomic E-state index is -1.33. The highest BCUT2D eigenvalue weighted by molar-refractivity contribution is 5.37. The number of aliphatic hydroxyl groups excluding tert-OH is 1. The van der Waals surface area contributed by atoms with Crippen molar-refractivity contribution in [3.8, 4) is 0 Å². The third-order valence-corrected chi connectivity index (χ3v) is 3.52. The second-order valence-corrected chi connectivity index (χ2v) is 4.25. The number of rotatable bonds is 2. The van der Waals surface area contributed by atoms with E-state index in [1.54, 1.807) is 18.5 Å². The second-order valence-electron chi connectivity index (χ2n) is 4.25. The number of anilines is 1. The molecular formula is C10H12FN3O. The standard InChI is InChI=1S/C10H12FN3O/c11-10(6-15)7-4-14(5-8(7)10)9-12-2-1-3-13-9/h1-3,7-8,15H,4-6H2/t7-,8-/m1/s1. The molecule has 0 unspecified atom stereocenters. The van der Waals surface area contributed by atoms with E-state index in [9.17, 15) is 4.39 Å². The van der Waals surface area contributed by atoms with E-state index in [2.05, 4.69) is 9.97 Å². The van der Waals surface area contributed by atoms with E-state index in [1.807, 2.05) is 4.90 Å². The number of halogens is 1. The summed E-state index contributed by atoms with van der Waals surface area (Å²) in [7, 11) is 0. The largest absolute Gasteiger partial charge is 0.393 e. The minimum absolute atomic E-state index is 0.0358. The van der Waals surface area contributed by atoms with Crippen LogP contribution in [0, 0.1) is 11.8 Å². The van der Waals surface area contributed by atoms with Gasteiger partial charge in [0.05, 0.1) is 6.61 Å². The molecule has 0 spiro atoms. The Hall–Kier alpha value is -1.23. The van der Waals surface area contributed by atoms with E-state index >= 15 is 0 Å². The second kappa shape index (κ2) is 2.88. The number of piperidine rings is 1. The number of hydrogen-bond donors (Lipinski definition) is 1. The molecule has 0 amide bonds. The summed E-state index contributed by atoms with van der Waals surface area (Å²) >= 11 is 0. The lowest BCUT2D eigenvalue weighted by atomic mass is 10.2. The monoisotopic (exact) mass is 209 g/mol. The van der Waals surface area contributed by atoms with Crippen molar-refractivity contribution in [1.29, 1.82) is 0 Å². The van der Waals surface area contributed by atoms with Crippen molar-refractivity contribution in [3.63, 3.8) is 0 Å². The van der Waals surface area contributed by atoms with Crippen LogP contribution < -0.4 is 4.90 Å². The van der Waals surface area contributed by atoms with Crippen LogP contribution >= 0.6 is 0 Å². The zero-order valence-electron chi connectivity index (χ0n) is 8.17. The number of fused-ring (bicyclic) bond motifs is 1. The normalized spacial score (nSPS) is 37.9. The van der Waals surface area contributed by atoms with Crippen LogP contribution in [0.4, 0.5) is 10.3 Å². The predicted molar refractivity (Wildman–Crippen MR) is 52.1 cm³/mol. The van der Waals surface area contributed by atoms with E-state index in [-0.39, 0.29) is 18.4 Å². The molecule has 1 aliphatic heterocycles. The molecule has 1 saturated carbocycles. The smallest absolute Gasteiger partial charge is 0.225 e. The van der Waals surface area contributed by atoms with Crippen molar-refractivity contribution in [2.24, 2.45) is 11.8 Å². The van der Waals surface area contributed by atoms with Crippen LogP contribution in [-0.2, 0) is 0 Å². The Labute approximate surface area is 86.8 Å². The molecule has 0 radical (unpaired) electrons. The van der Waals surface area contributed by atoms with Gasteiger partial charge in [-0.15, -0.1) is 0 Å². The van der Waals surface area contributed by atoms with Crippen LogP contribution in [0.2, 0.25) is 0 Å². The number of aromatic nitrogens is 2. The Bertz CT molecular complexity index is 360. The van der Waals surface area contributed by atoms with Gasteiger partial charge in [0, 0.05) is 37.3 Å². The molecule has 2 fully saturated rings. The maximum Gasteiger partial charge on any atom is 0.225 e. The Balaban J connectivity index is 1.72. The topological polar surface area (TPSA) is 49.2 Å². The lowest BCUT2D eigenvalue weighted by Crippen LogP contribution is -2.32. The van der Waals surface area contributed by atoms with Crippen molar-refractivity contribution in [3.05, 3.63) is 18.5 Å². The van der Waals surface area contributed by atoms with Gasteiger partial charge in [0.15, 0.2) is 0 Å². The SMILES string of the molecule is OCC1(F)[C@@H]2CN(c3ncccn3)C[C@H]21. The Morgan fingerprint density at radius 2 is 2.00 bits per heavy atom. The first-order valence-corrected chi connectivity index (χ1v) is 5.07. The van der Waals surface area contributed by atoms with Crippen molar-refractivity contribution in [2.75, 3.05) is 24.6 Å². The summed E-state index contributed by atoms with van der Waals surface area (Å²) in [5, 5.41) is 8.90. The molecule has 4 nitrogen and oxygen atoms in total. The highest BCUT2D eigenvalue weighted by Crippen LogP contribution is 2.58. The third-order valence-electron chi connectivity index (χ3n) is 3.52. The Kier molecular flexibility index (Phi) is 1.74. The Morgan fingerprint density at radius 1 is 1.40 bits per heavy atom. The highest BCUT2D eigenvalue weighted by Gasteiger charge is 2.69. The van der Waals surface area contributed by atoms with E-state index in [0.717, 1.165) is 0 Å². The minimum Gasteiger partial charge on any atom is -0.393 e. The zero-order valence-corrected chi connectivity index (χ0v) is 8.17. The first kappa shape index (κ1) is 9.03. The molecular weight excluding hydrogens is 197 g/mol. The van der Waals surface area contributed by atoms with Gasteiger partial charge in [-0.25, -0.2) is 14.4 Å². The van der Waals surface area contributed by atoms with Gasteiger partial charge in [0.25, 0.3) is 0 Å². The quantitative estimate of drug-likeness (QED) is 0.758. The molecule has 0 bridgehead atoms. The highest BCUT2D eigenvalue weighted by atomic mass is 19.1. The average molecular weight is 209 g/mol. The number of nitrogens with zero attached hydrogens (tertiary/aromatic N) is 3. The number of aliphatic hydroxyl groups is 1. The van der Waals surface area contributed by atoms with Gasteiger partial charge in [-0.3, -0.25) is 0 Å². The lowest BCUT2D eigenvalue weighted by molar-refractivity contribution is 0.131. The molecule has 15 heavy (non-hydrogen) atoms. The summed E-state index contributed by atoms with van der Waals surface area (Å²) in [6.45, 7) is 0.878. The fourth-order valence-corrected chi connectivity index (χ4v) is 2.53. The summed E-state index contributed by atoms with van der Waals surface area (Å²) < 4.78 is 13.7. The van der Waals surface area contributed by atoms with Gasteiger partial charge in [-0.1, -0.05) is 0 Å². The molecule has 1 N–H and O–H groups in total. The van der Waals surface area contributed by atoms with Gasteiger partial charge in [0.2, 0.25) is 5.95 Å². The van der Waals surface area contributed by atoms with E-state index in [0.29, 0.717) is 19.0 Å². The van der Waals surface area contributed by atoms with E-state index in [1.165, 1.54) is 0 Å². The van der Waals surface area contributed by atoms with Crippen LogP contribution in [0.15, 0.2) is 18.5 Å². The zero-order chi connectivity index (χ0) is 10.5. The molecule has 2 heterocycles. The molecule has 0 aromatic carbocycles. The van der Waals surface area contributed by atoms with Crippen LogP contribution in [0.3, 0.4) is 0 Å². The maximum atomic E-state index is 13.7. The summed E-state index contributed by atoms with van der Waals surface area (Å²) in [6, 6.07) is 1.76. The van der Waals surface area contributed by atoms with Gasteiger partial charge in [0.1, 0.15) is 5.67 Å². The predicted octanol–water partition coefficient (Wildman–Crippen LogP) is 0.243. The summed E-state index contributed by atoms with van der Waals surface area (Å²) in [6.07, 6.45) is 3.36. The number of hydrogen-bond acceptors (Lipinski definition) is 4. The molecule has 80 valence electrons. The third kappa shape index (κ3) is 1.16. The maximum absolute atomic E-state index is 13.7. The fraction of sp³-hybridized carbons (Fsp3) is 0.600. The lowest BCUT2D eigenvalue weighted by Gasteiger charge is -2.20. The molecule has 1 aromatic heterocycles. The fourth-order valence-electron chi connectivity index (χ4n) is 2.53.